The zero-order valence-electron chi connectivity index (χ0n) is 23.4. The Balaban J connectivity index is 1.39. The normalized spacial score (nSPS) is 47.5. The van der Waals surface area contributed by atoms with Gasteiger partial charge in [0.2, 0.25) is 0 Å². The standard InChI is InChI=1S/C28H46O12/c1-3-15-6-4-7-17(23(15)39-20-12-16(30)21(31)14(2)35-20)37-27-25-24(22(32)19(13-29)38-27)36-18(26(33)34)8-5-9-28(40-25)10-11-28/h14-25,27,29-32H,3-13H2,1-2H3,(H,33,34). The number of aliphatic hydroxyl groups excluding tert-OH is 4. The predicted molar refractivity (Wildman–Crippen MR) is 137 cm³/mol. The van der Waals surface area contributed by atoms with E-state index < -0.39 is 91.8 Å². The first-order valence-electron chi connectivity index (χ1n) is 15.0. The molecule has 2 aliphatic carbocycles. The molecule has 12 nitrogen and oxygen atoms in total. The van der Waals surface area contributed by atoms with Crippen LogP contribution in [-0.4, -0.2) is 117 Å². The third-order valence-electron chi connectivity index (χ3n) is 9.40. The first-order valence-corrected chi connectivity index (χ1v) is 15.0. The van der Waals surface area contributed by atoms with Crippen LogP contribution in [-0.2, 0) is 33.2 Å². The van der Waals surface area contributed by atoms with Gasteiger partial charge in [0.15, 0.2) is 18.7 Å². The molecule has 12 heteroatoms. The second kappa shape index (κ2) is 12.7. The van der Waals surface area contributed by atoms with Gasteiger partial charge >= 0.3 is 5.97 Å². The van der Waals surface area contributed by atoms with Crippen molar-refractivity contribution in [2.75, 3.05) is 6.61 Å². The SMILES string of the molecule is CCC1CCCC(OC2OC(CO)C(O)C3OC(C(=O)O)CCCC4(CC4)OC23)C1OC1CC(O)C(O)C(C)O1. The van der Waals surface area contributed by atoms with E-state index >= 15 is 0 Å². The quantitative estimate of drug-likeness (QED) is 0.290. The van der Waals surface area contributed by atoms with Crippen molar-refractivity contribution >= 4 is 5.97 Å². The van der Waals surface area contributed by atoms with Gasteiger partial charge in [-0.05, 0) is 57.8 Å². The number of hydrogen-bond donors (Lipinski definition) is 5. The average Bonchev–Trinajstić information content (AvgIpc) is 3.67. The molecule has 40 heavy (non-hydrogen) atoms. The molecule has 3 heterocycles. The molecule has 13 atom stereocenters. The molecule has 3 saturated heterocycles. The Labute approximate surface area is 234 Å². The fraction of sp³-hybridized carbons (Fsp3) is 0.964. The van der Waals surface area contributed by atoms with Crippen molar-refractivity contribution in [2.45, 2.75) is 157 Å². The summed E-state index contributed by atoms with van der Waals surface area (Å²) in [4.78, 5) is 12.0. The van der Waals surface area contributed by atoms with E-state index in [0.29, 0.717) is 25.7 Å². The molecule has 5 fully saturated rings. The molecule has 0 aromatic rings. The zero-order valence-corrected chi connectivity index (χ0v) is 23.4. The minimum Gasteiger partial charge on any atom is -0.479 e. The summed E-state index contributed by atoms with van der Waals surface area (Å²) in [5.74, 6) is -0.966. The molecule has 5 rings (SSSR count). The maximum atomic E-state index is 12.0. The van der Waals surface area contributed by atoms with E-state index in [4.69, 9.17) is 28.4 Å². The van der Waals surface area contributed by atoms with Crippen molar-refractivity contribution in [3.05, 3.63) is 0 Å². The summed E-state index contributed by atoms with van der Waals surface area (Å²) in [6, 6.07) is 0. The second-order valence-electron chi connectivity index (χ2n) is 12.2. The van der Waals surface area contributed by atoms with Crippen molar-refractivity contribution in [3.63, 3.8) is 0 Å². The third kappa shape index (κ3) is 6.51. The van der Waals surface area contributed by atoms with E-state index in [9.17, 15) is 30.3 Å². The molecule has 230 valence electrons. The van der Waals surface area contributed by atoms with E-state index in [1.54, 1.807) is 6.92 Å². The van der Waals surface area contributed by atoms with E-state index in [2.05, 4.69) is 6.92 Å². The Bertz CT molecular complexity index is 841. The molecular formula is C28H46O12. The number of carboxylic acid groups (broad SMARTS) is 1. The van der Waals surface area contributed by atoms with Crippen LogP contribution in [0.15, 0.2) is 0 Å². The minimum atomic E-state index is -1.31. The number of fused-ring (bicyclic) bond motifs is 1. The Hall–Kier alpha value is -0.930. The number of aliphatic hydroxyl groups is 4. The molecule has 1 spiro atoms. The summed E-state index contributed by atoms with van der Waals surface area (Å²) >= 11 is 0. The Morgan fingerprint density at radius 1 is 0.950 bits per heavy atom. The van der Waals surface area contributed by atoms with Crippen LogP contribution in [0, 0.1) is 5.92 Å². The maximum Gasteiger partial charge on any atom is 0.332 e. The highest BCUT2D eigenvalue weighted by Gasteiger charge is 2.56. The van der Waals surface area contributed by atoms with Crippen LogP contribution in [0.3, 0.4) is 0 Å². The first kappa shape index (κ1) is 30.5. The lowest BCUT2D eigenvalue weighted by Gasteiger charge is -2.48. The van der Waals surface area contributed by atoms with Gasteiger partial charge in [0.25, 0.3) is 0 Å². The van der Waals surface area contributed by atoms with Crippen molar-refractivity contribution < 1.29 is 58.7 Å². The highest BCUT2D eigenvalue weighted by molar-refractivity contribution is 5.72. The van der Waals surface area contributed by atoms with Crippen molar-refractivity contribution in [1.82, 2.24) is 0 Å². The number of hydrogen-bond acceptors (Lipinski definition) is 11. The van der Waals surface area contributed by atoms with Gasteiger partial charge in [0.05, 0.1) is 36.6 Å². The van der Waals surface area contributed by atoms with Crippen LogP contribution in [0.25, 0.3) is 0 Å². The van der Waals surface area contributed by atoms with Crippen LogP contribution >= 0.6 is 0 Å². The molecule has 2 saturated carbocycles. The van der Waals surface area contributed by atoms with Crippen molar-refractivity contribution in [3.8, 4) is 0 Å². The summed E-state index contributed by atoms with van der Waals surface area (Å²) in [6.45, 7) is 3.26. The number of carbonyl (C=O) groups is 1. The fourth-order valence-electron chi connectivity index (χ4n) is 6.79. The molecule has 0 bridgehead atoms. The number of rotatable bonds is 7. The van der Waals surface area contributed by atoms with E-state index in [1.165, 1.54) is 0 Å². The zero-order chi connectivity index (χ0) is 28.6. The van der Waals surface area contributed by atoms with Gasteiger partial charge in [-0.15, -0.1) is 0 Å². The largest absolute Gasteiger partial charge is 0.479 e. The number of ether oxygens (including phenoxy) is 6. The second-order valence-corrected chi connectivity index (χ2v) is 12.2. The van der Waals surface area contributed by atoms with Gasteiger partial charge in [0, 0.05) is 6.42 Å². The van der Waals surface area contributed by atoms with Crippen LogP contribution in [0.5, 0.6) is 0 Å². The molecule has 0 radical (unpaired) electrons. The summed E-state index contributed by atoms with van der Waals surface area (Å²) in [6.07, 6.45) is -3.99. The minimum absolute atomic E-state index is 0.130. The Morgan fingerprint density at radius 2 is 1.73 bits per heavy atom. The molecule has 3 aliphatic heterocycles. The van der Waals surface area contributed by atoms with Gasteiger partial charge in [-0.3, -0.25) is 0 Å². The molecule has 5 N–H and O–H groups in total. The Morgan fingerprint density at radius 3 is 2.38 bits per heavy atom. The lowest BCUT2D eigenvalue weighted by Crippen LogP contribution is -2.63. The van der Waals surface area contributed by atoms with Gasteiger partial charge < -0.3 is 54.0 Å². The molecule has 5 aliphatic rings. The van der Waals surface area contributed by atoms with Crippen molar-refractivity contribution in [2.24, 2.45) is 5.92 Å². The van der Waals surface area contributed by atoms with E-state index in [0.717, 1.165) is 32.1 Å². The molecule has 0 aromatic heterocycles. The summed E-state index contributed by atoms with van der Waals surface area (Å²) in [5.41, 5.74) is -0.437. The van der Waals surface area contributed by atoms with Gasteiger partial charge in [-0.25, -0.2) is 4.79 Å². The summed E-state index contributed by atoms with van der Waals surface area (Å²) < 4.78 is 37.6. The van der Waals surface area contributed by atoms with Gasteiger partial charge in [-0.1, -0.05) is 19.8 Å². The highest BCUT2D eigenvalue weighted by atomic mass is 16.7. The molecular weight excluding hydrogens is 528 g/mol. The third-order valence-corrected chi connectivity index (χ3v) is 9.40. The average molecular weight is 575 g/mol. The summed E-state index contributed by atoms with van der Waals surface area (Å²) in [7, 11) is 0. The van der Waals surface area contributed by atoms with E-state index in [-0.39, 0.29) is 12.3 Å². The Kier molecular flexibility index (Phi) is 9.73. The first-order chi connectivity index (χ1) is 19.1. The maximum absolute atomic E-state index is 12.0. The molecule has 0 amide bonds. The highest BCUT2D eigenvalue weighted by Crippen LogP contribution is 2.48. The fourth-order valence-corrected chi connectivity index (χ4v) is 6.79. The molecule has 13 unspecified atom stereocenters. The number of aliphatic carboxylic acids is 1. The smallest absolute Gasteiger partial charge is 0.332 e. The van der Waals surface area contributed by atoms with Crippen LogP contribution in [0.2, 0.25) is 0 Å². The van der Waals surface area contributed by atoms with Crippen molar-refractivity contribution in [1.29, 1.82) is 0 Å². The van der Waals surface area contributed by atoms with Gasteiger partial charge in [-0.2, -0.15) is 0 Å². The molecule has 0 aromatic carbocycles. The number of carboxylic acids is 1. The van der Waals surface area contributed by atoms with Gasteiger partial charge in [0.1, 0.15) is 30.5 Å². The topological polar surface area (TPSA) is 174 Å². The summed E-state index contributed by atoms with van der Waals surface area (Å²) in [5, 5.41) is 51.3. The lowest BCUT2D eigenvalue weighted by atomic mass is 9.82. The van der Waals surface area contributed by atoms with E-state index in [1.807, 2.05) is 0 Å². The van der Waals surface area contributed by atoms with Crippen LogP contribution in [0.4, 0.5) is 0 Å². The van der Waals surface area contributed by atoms with Crippen LogP contribution in [0.1, 0.15) is 78.1 Å². The predicted octanol–water partition coefficient (Wildman–Crippen LogP) is 0.842. The van der Waals surface area contributed by atoms with Crippen LogP contribution < -0.4 is 0 Å². The lowest BCUT2D eigenvalue weighted by molar-refractivity contribution is -0.351. The monoisotopic (exact) mass is 574 g/mol.